The summed E-state index contributed by atoms with van der Waals surface area (Å²) in [5.41, 5.74) is 5.07. The van der Waals surface area contributed by atoms with E-state index >= 15 is 0 Å². The van der Waals surface area contributed by atoms with Crippen molar-refractivity contribution >= 4 is 5.97 Å². The van der Waals surface area contributed by atoms with E-state index in [1.54, 1.807) is 24.7 Å². The molecule has 0 saturated carbocycles. The molecular formula is C20H18O3. The van der Waals surface area contributed by atoms with Gasteiger partial charge >= 0.3 is 5.97 Å². The third-order valence-electron chi connectivity index (χ3n) is 4.00. The number of aryl methyl sites for hydroxylation is 1. The summed E-state index contributed by atoms with van der Waals surface area (Å²) in [7, 11) is 1.39. The molecule has 2 aromatic carbocycles. The highest BCUT2D eigenvalue weighted by molar-refractivity contribution is 5.89. The molecule has 3 rings (SSSR count). The first-order valence-corrected chi connectivity index (χ1v) is 7.46. The first-order chi connectivity index (χ1) is 11.2. The molecule has 3 heteroatoms. The summed E-state index contributed by atoms with van der Waals surface area (Å²) in [6, 6.07) is 17.8. The van der Waals surface area contributed by atoms with Gasteiger partial charge in [0.2, 0.25) is 0 Å². The molecule has 3 aromatic rings. The lowest BCUT2D eigenvalue weighted by molar-refractivity contribution is 0.0600. The Balaban J connectivity index is 2.06. The van der Waals surface area contributed by atoms with E-state index in [4.69, 9.17) is 9.15 Å². The van der Waals surface area contributed by atoms with Gasteiger partial charge in [-0.3, -0.25) is 0 Å². The average Bonchev–Trinajstić information content (AvgIpc) is 3.02. The lowest BCUT2D eigenvalue weighted by Crippen LogP contribution is -2.05. The van der Waals surface area contributed by atoms with Crippen molar-refractivity contribution in [1.29, 1.82) is 0 Å². The van der Waals surface area contributed by atoms with Crippen LogP contribution in [0.1, 0.15) is 38.5 Å². The summed E-state index contributed by atoms with van der Waals surface area (Å²) in [5, 5.41) is 0. The molecule has 0 aliphatic rings. The van der Waals surface area contributed by atoms with E-state index in [9.17, 15) is 4.79 Å². The molecule has 3 nitrogen and oxygen atoms in total. The van der Waals surface area contributed by atoms with Crippen LogP contribution in [-0.4, -0.2) is 13.1 Å². The van der Waals surface area contributed by atoms with Crippen LogP contribution in [0, 0.1) is 6.92 Å². The van der Waals surface area contributed by atoms with Crippen molar-refractivity contribution in [3.8, 4) is 0 Å². The fraction of sp³-hybridized carbons (Fsp3) is 0.150. The third kappa shape index (κ3) is 3.04. The monoisotopic (exact) mass is 306 g/mol. The summed E-state index contributed by atoms with van der Waals surface area (Å²) in [6.45, 7) is 2.04. The molecule has 0 fully saturated rings. The minimum absolute atomic E-state index is 0.0710. The topological polar surface area (TPSA) is 39.4 Å². The summed E-state index contributed by atoms with van der Waals surface area (Å²) in [6.07, 6.45) is 3.55. The van der Waals surface area contributed by atoms with E-state index in [0.717, 1.165) is 16.7 Å². The number of ether oxygens (including phenoxy) is 1. The number of carbonyl (C=O) groups excluding carboxylic acids is 1. The molecule has 116 valence electrons. The lowest BCUT2D eigenvalue weighted by Gasteiger charge is -2.18. The van der Waals surface area contributed by atoms with E-state index in [1.807, 2.05) is 37.3 Å². The second-order valence-corrected chi connectivity index (χ2v) is 5.47. The van der Waals surface area contributed by atoms with Crippen molar-refractivity contribution in [2.24, 2.45) is 0 Å². The van der Waals surface area contributed by atoms with E-state index in [-0.39, 0.29) is 11.9 Å². The van der Waals surface area contributed by atoms with Gasteiger partial charge in [0, 0.05) is 11.5 Å². The van der Waals surface area contributed by atoms with Gasteiger partial charge in [0.1, 0.15) is 0 Å². The van der Waals surface area contributed by atoms with Crippen molar-refractivity contribution in [3.05, 3.63) is 94.9 Å². The number of methoxy groups -OCH3 is 1. The molecule has 0 bridgehead atoms. The van der Waals surface area contributed by atoms with Crippen molar-refractivity contribution in [1.82, 2.24) is 0 Å². The van der Waals surface area contributed by atoms with Crippen molar-refractivity contribution in [2.75, 3.05) is 7.11 Å². The largest absolute Gasteiger partial charge is 0.472 e. The van der Waals surface area contributed by atoms with Crippen molar-refractivity contribution in [3.63, 3.8) is 0 Å². The second-order valence-electron chi connectivity index (χ2n) is 5.47. The number of benzene rings is 2. The molecule has 0 N–H and O–H groups in total. The number of carbonyl (C=O) groups is 1. The summed E-state index contributed by atoms with van der Waals surface area (Å²) in [4.78, 5) is 11.6. The van der Waals surface area contributed by atoms with Gasteiger partial charge in [0.05, 0.1) is 25.2 Å². The van der Waals surface area contributed by atoms with Crippen LogP contribution in [0.15, 0.2) is 71.5 Å². The van der Waals surface area contributed by atoms with E-state index in [1.165, 1.54) is 12.7 Å². The minimum atomic E-state index is -0.327. The Kier molecular flexibility index (Phi) is 4.29. The number of furan rings is 1. The first kappa shape index (κ1) is 15.1. The van der Waals surface area contributed by atoms with Crippen LogP contribution in [0.3, 0.4) is 0 Å². The normalized spacial score (nSPS) is 11.9. The SMILES string of the molecule is COC(=O)c1ccc(C(c2ccccc2)c2cocc2C)cc1. The van der Waals surface area contributed by atoms with Gasteiger partial charge in [0.25, 0.3) is 0 Å². The Labute approximate surface area is 135 Å². The summed E-state index contributed by atoms with van der Waals surface area (Å²) < 4.78 is 10.1. The van der Waals surface area contributed by atoms with Crippen LogP contribution in [-0.2, 0) is 4.74 Å². The van der Waals surface area contributed by atoms with Gasteiger partial charge in [0.15, 0.2) is 0 Å². The van der Waals surface area contributed by atoms with Crippen LogP contribution in [0.25, 0.3) is 0 Å². The summed E-state index contributed by atoms with van der Waals surface area (Å²) in [5.74, 6) is -0.256. The highest BCUT2D eigenvalue weighted by Crippen LogP contribution is 2.34. The fourth-order valence-electron chi connectivity index (χ4n) is 2.79. The zero-order valence-corrected chi connectivity index (χ0v) is 13.2. The molecule has 23 heavy (non-hydrogen) atoms. The maximum atomic E-state index is 11.6. The van der Waals surface area contributed by atoms with Gasteiger partial charge in [-0.2, -0.15) is 0 Å². The molecule has 1 aromatic heterocycles. The molecule has 1 unspecified atom stereocenters. The van der Waals surface area contributed by atoms with Crippen LogP contribution >= 0.6 is 0 Å². The highest BCUT2D eigenvalue weighted by atomic mass is 16.5. The molecule has 1 atom stereocenters. The molecule has 1 heterocycles. The highest BCUT2D eigenvalue weighted by Gasteiger charge is 2.20. The van der Waals surface area contributed by atoms with Crippen LogP contribution < -0.4 is 0 Å². The van der Waals surface area contributed by atoms with Gasteiger partial charge in [-0.15, -0.1) is 0 Å². The van der Waals surface area contributed by atoms with E-state index < -0.39 is 0 Å². The minimum Gasteiger partial charge on any atom is -0.472 e. The number of hydrogen-bond acceptors (Lipinski definition) is 3. The lowest BCUT2D eigenvalue weighted by atomic mass is 9.84. The second kappa shape index (κ2) is 6.53. The number of esters is 1. The van der Waals surface area contributed by atoms with E-state index in [0.29, 0.717) is 5.56 Å². The van der Waals surface area contributed by atoms with Crippen LogP contribution in [0.4, 0.5) is 0 Å². The molecule has 0 amide bonds. The van der Waals surface area contributed by atoms with Crippen LogP contribution in [0.2, 0.25) is 0 Å². The molecule has 0 radical (unpaired) electrons. The zero-order chi connectivity index (χ0) is 16.2. The molecule has 0 spiro atoms. The first-order valence-electron chi connectivity index (χ1n) is 7.46. The maximum Gasteiger partial charge on any atom is 0.337 e. The quantitative estimate of drug-likeness (QED) is 0.664. The van der Waals surface area contributed by atoms with Gasteiger partial charge in [-0.05, 0) is 35.7 Å². The molecular weight excluding hydrogens is 288 g/mol. The predicted octanol–water partition coefficient (Wildman–Crippen LogP) is 4.55. The third-order valence-corrected chi connectivity index (χ3v) is 4.00. The van der Waals surface area contributed by atoms with Crippen molar-refractivity contribution in [2.45, 2.75) is 12.8 Å². The maximum absolute atomic E-state index is 11.6. The Morgan fingerprint density at radius 2 is 1.61 bits per heavy atom. The summed E-state index contributed by atoms with van der Waals surface area (Å²) >= 11 is 0. The molecule has 0 aliphatic carbocycles. The number of hydrogen-bond donors (Lipinski definition) is 0. The van der Waals surface area contributed by atoms with Gasteiger partial charge in [-0.25, -0.2) is 4.79 Å². The van der Waals surface area contributed by atoms with E-state index in [2.05, 4.69) is 12.1 Å². The Morgan fingerprint density at radius 1 is 0.957 bits per heavy atom. The standard InChI is InChI=1S/C20H18O3/c1-14-12-23-13-18(14)19(15-6-4-3-5-7-15)16-8-10-17(11-9-16)20(21)22-2/h3-13,19H,1-2H3. The average molecular weight is 306 g/mol. The fourth-order valence-corrected chi connectivity index (χ4v) is 2.79. The van der Waals surface area contributed by atoms with Gasteiger partial charge in [-0.1, -0.05) is 42.5 Å². The Hall–Kier alpha value is -2.81. The van der Waals surface area contributed by atoms with Crippen LogP contribution in [0.5, 0.6) is 0 Å². The Morgan fingerprint density at radius 3 is 2.17 bits per heavy atom. The molecule has 0 saturated heterocycles. The predicted molar refractivity (Wildman–Crippen MR) is 88.6 cm³/mol. The zero-order valence-electron chi connectivity index (χ0n) is 13.2. The van der Waals surface area contributed by atoms with Crippen molar-refractivity contribution < 1.29 is 13.9 Å². The van der Waals surface area contributed by atoms with Gasteiger partial charge < -0.3 is 9.15 Å². The Bertz CT molecular complexity index is 785. The number of rotatable bonds is 4. The molecule has 0 aliphatic heterocycles. The smallest absolute Gasteiger partial charge is 0.337 e.